The standard InChI is InChI=1S/C12H14N2O3/c1-8(15)6-12-13-11(14-17-12)7-9-4-2-3-5-10(9)16/h2-5,8,15-16H,6-7H2,1H3. The molecule has 5 heteroatoms. The van der Waals surface area contributed by atoms with E-state index in [2.05, 4.69) is 10.1 Å². The largest absolute Gasteiger partial charge is 0.508 e. The van der Waals surface area contributed by atoms with E-state index in [4.69, 9.17) is 4.52 Å². The molecule has 0 amide bonds. The molecular formula is C12H14N2O3. The molecule has 2 N–H and O–H groups in total. The van der Waals surface area contributed by atoms with Crippen LogP contribution in [0.15, 0.2) is 28.8 Å². The van der Waals surface area contributed by atoms with Crippen LogP contribution in [0.4, 0.5) is 0 Å². The Kier molecular flexibility index (Phi) is 3.39. The summed E-state index contributed by atoms with van der Waals surface area (Å²) in [6.07, 6.45) is 0.248. The molecule has 1 heterocycles. The lowest BCUT2D eigenvalue weighted by Crippen LogP contribution is -2.04. The van der Waals surface area contributed by atoms with E-state index in [1.165, 1.54) is 0 Å². The molecule has 0 aliphatic carbocycles. The Morgan fingerprint density at radius 3 is 2.82 bits per heavy atom. The first-order valence-corrected chi connectivity index (χ1v) is 5.41. The summed E-state index contributed by atoms with van der Waals surface area (Å²) in [4.78, 5) is 4.14. The zero-order valence-corrected chi connectivity index (χ0v) is 9.50. The van der Waals surface area contributed by atoms with Gasteiger partial charge in [0.25, 0.3) is 0 Å². The fraction of sp³-hybridized carbons (Fsp3) is 0.333. The van der Waals surface area contributed by atoms with Crippen LogP contribution in [-0.2, 0) is 12.8 Å². The van der Waals surface area contributed by atoms with Crippen molar-refractivity contribution in [3.63, 3.8) is 0 Å². The Morgan fingerprint density at radius 1 is 1.35 bits per heavy atom. The number of aromatic nitrogens is 2. The van der Waals surface area contributed by atoms with Crippen molar-refractivity contribution in [2.75, 3.05) is 0 Å². The van der Waals surface area contributed by atoms with Crippen LogP contribution in [0.2, 0.25) is 0 Å². The van der Waals surface area contributed by atoms with Gasteiger partial charge < -0.3 is 14.7 Å². The maximum absolute atomic E-state index is 9.60. The molecule has 0 radical (unpaired) electrons. The van der Waals surface area contributed by atoms with Crippen molar-refractivity contribution in [2.24, 2.45) is 0 Å². The second kappa shape index (κ2) is 4.97. The fourth-order valence-electron chi connectivity index (χ4n) is 1.53. The smallest absolute Gasteiger partial charge is 0.229 e. The number of aromatic hydroxyl groups is 1. The molecule has 0 spiro atoms. The van der Waals surface area contributed by atoms with Gasteiger partial charge in [-0.2, -0.15) is 4.98 Å². The lowest BCUT2D eigenvalue weighted by Gasteiger charge is -1.99. The molecular weight excluding hydrogens is 220 g/mol. The van der Waals surface area contributed by atoms with Gasteiger partial charge >= 0.3 is 0 Å². The van der Waals surface area contributed by atoms with Crippen LogP contribution in [0.1, 0.15) is 24.2 Å². The molecule has 5 nitrogen and oxygen atoms in total. The number of aliphatic hydroxyl groups is 1. The highest BCUT2D eigenvalue weighted by Crippen LogP contribution is 2.18. The summed E-state index contributed by atoms with van der Waals surface area (Å²) in [6, 6.07) is 7.02. The van der Waals surface area contributed by atoms with Gasteiger partial charge in [0, 0.05) is 12.0 Å². The third-order valence-electron chi connectivity index (χ3n) is 2.32. The number of para-hydroxylation sites is 1. The van der Waals surface area contributed by atoms with E-state index in [-0.39, 0.29) is 5.75 Å². The van der Waals surface area contributed by atoms with Crippen molar-refractivity contribution in [1.82, 2.24) is 10.1 Å². The van der Waals surface area contributed by atoms with Gasteiger partial charge in [-0.25, -0.2) is 0 Å². The first kappa shape index (κ1) is 11.6. The molecule has 2 rings (SSSR count). The molecule has 1 aromatic heterocycles. The summed E-state index contributed by atoms with van der Waals surface area (Å²) in [7, 11) is 0. The summed E-state index contributed by atoms with van der Waals surface area (Å²) >= 11 is 0. The number of phenolic OH excluding ortho intramolecular Hbond substituents is 1. The second-order valence-electron chi connectivity index (χ2n) is 3.96. The molecule has 17 heavy (non-hydrogen) atoms. The van der Waals surface area contributed by atoms with E-state index in [9.17, 15) is 10.2 Å². The zero-order valence-electron chi connectivity index (χ0n) is 9.50. The van der Waals surface area contributed by atoms with Crippen LogP contribution < -0.4 is 0 Å². The molecule has 90 valence electrons. The highest BCUT2D eigenvalue weighted by atomic mass is 16.5. The van der Waals surface area contributed by atoms with Gasteiger partial charge in [-0.05, 0) is 13.0 Å². The highest BCUT2D eigenvalue weighted by Gasteiger charge is 2.10. The van der Waals surface area contributed by atoms with Gasteiger partial charge in [0.15, 0.2) is 5.82 Å². The van der Waals surface area contributed by atoms with Gasteiger partial charge in [-0.1, -0.05) is 23.4 Å². The predicted molar refractivity (Wildman–Crippen MR) is 60.6 cm³/mol. The van der Waals surface area contributed by atoms with E-state index < -0.39 is 6.10 Å². The predicted octanol–water partition coefficient (Wildman–Crippen LogP) is 1.29. The van der Waals surface area contributed by atoms with Crippen LogP contribution in [-0.4, -0.2) is 26.5 Å². The van der Waals surface area contributed by atoms with E-state index in [1.54, 1.807) is 25.1 Å². The van der Waals surface area contributed by atoms with E-state index in [1.807, 2.05) is 6.07 Å². The zero-order chi connectivity index (χ0) is 12.3. The summed E-state index contributed by atoms with van der Waals surface area (Å²) in [5.74, 6) is 1.13. The lowest BCUT2D eigenvalue weighted by molar-refractivity contribution is 0.181. The Labute approximate surface area is 98.7 Å². The van der Waals surface area contributed by atoms with Crippen molar-refractivity contribution in [1.29, 1.82) is 0 Å². The molecule has 1 atom stereocenters. The van der Waals surface area contributed by atoms with Crippen molar-refractivity contribution in [2.45, 2.75) is 25.9 Å². The fourth-order valence-corrected chi connectivity index (χ4v) is 1.53. The average Bonchev–Trinajstić information content (AvgIpc) is 2.68. The maximum atomic E-state index is 9.60. The molecule has 1 unspecified atom stereocenters. The number of phenols is 1. The number of hydrogen-bond acceptors (Lipinski definition) is 5. The Balaban J connectivity index is 2.09. The van der Waals surface area contributed by atoms with Crippen molar-refractivity contribution in [3.8, 4) is 5.75 Å². The average molecular weight is 234 g/mol. The molecule has 0 saturated carbocycles. The third-order valence-corrected chi connectivity index (χ3v) is 2.32. The number of rotatable bonds is 4. The minimum atomic E-state index is -0.506. The van der Waals surface area contributed by atoms with Crippen LogP contribution >= 0.6 is 0 Å². The van der Waals surface area contributed by atoms with Gasteiger partial charge in [-0.15, -0.1) is 0 Å². The van der Waals surface area contributed by atoms with Crippen LogP contribution in [0.3, 0.4) is 0 Å². The van der Waals surface area contributed by atoms with Crippen molar-refractivity contribution >= 4 is 0 Å². The van der Waals surface area contributed by atoms with E-state index in [0.717, 1.165) is 5.56 Å². The monoisotopic (exact) mass is 234 g/mol. The maximum Gasteiger partial charge on any atom is 0.229 e. The second-order valence-corrected chi connectivity index (χ2v) is 3.96. The summed E-state index contributed by atoms with van der Waals surface area (Å²) in [5, 5.41) is 22.6. The Morgan fingerprint density at radius 2 is 2.12 bits per heavy atom. The van der Waals surface area contributed by atoms with Crippen molar-refractivity contribution < 1.29 is 14.7 Å². The van der Waals surface area contributed by atoms with Gasteiger partial charge in [0.05, 0.1) is 12.5 Å². The molecule has 2 aromatic rings. The number of hydrogen-bond donors (Lipinski definition) is 2. The summed E-state index contributed by atoms with van der Waals surface area (Å²) in [6.45, 7) is 1.66. The topological polar surface area (TPSA) is 79.4 Å². The highest BCUT2D eigenvalue weighted by molar-refractivity contribution is 5.33. The quantitative estimate of drug-likeness (QED) is 0.833. The Bertz CT molecular complexity index is 494. The van der Waals surface area contributed by atoms with Crippen LogP contribution in [0, 0.1) is 0 Å². The Hall–Kier alpha value is -1.88. The minimum Gasteiger partial charge on any atom is -0.508 e. The molecule has 0 aliphatic heterocycles. The van der Waals surface area contributed by atoms with E-state index >= 15 is 0 Å². The van der Waals surface area contributed by atoms with E-state index in [0.29, 0.717) is 24.6 Å². The number of nitrogens with zero attached hydrogens (tertiary/aromatic N) is 2. The first-order valence-electron chi connectivity index (χ1n) is 5.41. The molecule has 0 fully saturated rings. The minimum absolute atomic E-state index is 0.217. The summed E-state index contributed by atoms with van der Waals surface area (Å²) in [5.41, 5.74) is 0.747. The molecule has 0 aliphatic rings. The first-order chi connectivity index (χ1) is 8.15. The number of aliphatic hydroxyl groups excluding tert-OH is 1. The SMILES string of the molecule is CC(O)Cc1nc(Cc2ccccc2O)no1. The lowest BCUT2D eigenvalue weighted by atomic mass is 10.1. The van der Waals surface area contributed by atoms with Gasteiger partial charge in [0.2, 0.25) is 5.89 Å². The molecule has 0 bridgehead atoms. The molecule has 0 saturated heterocycles. The number of benzene rings is 1. The van der Waals surface area contributed by atoms with Crippen molar-refractivity contribution in [3.05, 3.63) is 41.5 Å². The normalized spacial score (nSPS) is 12.6. The van der Waals surface area contributed by atoms with Gasteiger partial charge in [0.1, 0.15) is 5.75 Å². The molecule has 1 aromatic carbocycles. The third kappa shape index (κ3) is 3.04. The van der Waals surface area contributed by atoms with Crippen LogP contribution in [0.25, 0.3) is 0 Å². The van der Waals surface area contributed by atoms with Crippen LogP contribution in [0.5, 0.6) is 5.75 Å². The van der Waals surface area contributed by atoms with Gasteiger partial charge in [-0.3, -0.25) is 0 Å². The summed E-state index contributed by atoms with van der Waals surface area (Å²) < 4.78 is 4.98.